The van der Waals surface area contributed by atoms with Gasteiger partial charge in [-0.25, -0.2) is 0 Å². The molecule has 0 saturated heterocycles. The molecule has 0 heterocycles. The Bertz CT molecular complexity index is 488. The molecule has 22 heavy (non-hydrogen) atoms. The Balaban J connectivity index is 2.09. The van der Waals surface area contributed by atoms with Gasteiger partial charge in [0.05, 0.1) is 11.5 Å². The number of nitrogens with zero attached hydrogens (tertiary/aromatic N) is 1. The van der Waals surface area contributed by atoms with Gasteiger partial charge in [-0.3, -0.25) is 5.32 Å². The first-order valence-electron chi connectivity index (χ1n) is 8.11. The van der Waals surface area contributed by atoms with Crippen molar-refractivity contribution in [2.45, 2.75) is 52.0 Å². The SMILES string of the molecule is CCOC(OCC)C1([C@@H](C#N)N[C@H](C)c2ccccc2)CC1. The highest BCUT2D eigenvalue weighted by molar-refractivity contribution is 5.21. The number of benzene rings is 1. The minimum atomic E-state index is -0.303. The standard InChI is InChI=1S/C18H26N2O2/c1-4-21-17(22-5-2)18(11-12-18)16(13-19)20-14(3)15-9-7-6-8-10-15/h6-10,14,16-17,20H,4-5,11-12H2,1-3H3/t14-,16-/m1/s1. The van der Waals surface area contributed by atoms with Gasteiger partial charge in [-0.2, -0.15) is 5.26 Å². The smallest absolute Gasteiger partial charge is 0.165 e. The molecular formula is C18H26N2O2. The molecule has 4 nitrogen and oxygen atoms in total. The van der Waals surface area contributed by atoms with Crippen LogP contribution in [0.25, 0.3) is 0 Å². The van der Waals surface area contributed by atoms with Crippen LogP contribution in [0.15, 0.2) is 30.3 Å². The Morgan fingerprint density at radius 2 is 1.77 bits per heavy atom. The largest absolute Gasteiger partial charge is 0.352 e. The van der Waals surface area contributed by atoms with Crippen molar-refractivity contribution in [2.75, 3.05) is 13.2 Å². The van der Waals surface area contributed by atoms with E-state index in [9.17, 15) is 5.26 Å². The van der Waals surface area contributed by atoms with Gasteiger partial charge in [-0.15, -0.1) is 0 Å². The summed E-state index contributed by atoms with van der Waals surface area (Å²) in [4.78, 5) is 0. The molecule has 120 valence electrons. The van der Waals surface area contributed by atoms with Crippen molar-refractivity contribution in [1.29, 1.82) is 5.26 Å². The van der Waals surface area contributed by atoms with Crippen LogP contribution in [0.5, 0.6) is 0 Å². The lowest BCUT2D eigenvalue weighted by Crippen LogP contribution is -2.45. The molecule has 2 atom stereocenters. The van der Waals surface area contributed by atoms with Gasteiger partial charge in [0.2, 0.25) is 0 Å². The van der Waals surface area contributed by atoms with E-state index < -0.39 is 0 Å². The first-order chi connectivity index (χ1) is 10.7. The van der Waals surface area contributed by atoms with E-state index in [1.807, 2.05) is 32.0 Å². The van der Waals surface area contributed by atoms with Crippen LogP contribution in [0.2, 0.25) is 0 Å². The summed E-state index contributed by atoms with van der Waals surface area (Å²) in [5.74, 6) is 0. The van der Waals surface area contributed by atoms with Crippen LogP contribution in [0.4, 0.5) is 0 Å². The molecule has 0 spiro atoms. The predicted octanol–water partition coefficient (Wildman–Crippen LogP) is 3.41. The first kappa shape index (κ1) is 17.0. The van der Waals surface area contributed by atoms with Crippen LogP contribution < -0.4 is 5.32 Å². The highest BCUT2D eigenvalue weighted by Crippen LogP contribution is 2.53. The molecule has 0 aromatic heterocycles. The molecule has 1 aromatic carbocycles. The Hall–Kier alpha value is -1.41. The second kappa shape index (κ2) is 7.73. The second-order valence-electron chi connectivity index (χ2n) is 5.84. The van der Waals surface area contributed by atoms with E-state index in [0.29, 0.717) is 13.2 Å². The zero-order valence-corrected chi connectivity index (χ0v) is 13.7. The average molecular weight is 302 g/mol. The maximum atomic E-state index is 9.66. The van der Waals surface area contributed by atoms with Gasteiger partial charge in [-0.05, 0) is 39.2 Å². The highest BCUT2D eigenvalue weighted by Gasteiger charge is 2.57. The molecule has 1 fully saturated rings. The van der Waals surface area contributed by atoms with Crippen molar-refractivity contribution in [1.82, 2.24) is 5.32 Å². The molecule has 0 bridgehead atoms. The molecule has 2 rings (SSSR count). The van der Waals surface area contributed by atoms with Crippen molar-refractivity contribution in [2.24, 2.45) is 5.41 Å². The fraction of sp³-hybridized carbons (Fsp3) is 0.611. The Kier molecular flexibility index (Phi) is 5.96. The lowest BCUT2D eigenvalue weighted by Gasteiger charge is -2.32. The van der Waals surface area contributed by atoms with Crippen molar-refractivity contribution >= 4 is 0 Å². The molecule has 1 saturated carbocycles. The fourth-order valence-corrected chi connectivity index (χ4v) is 2.91. The van der Waals surface area contributed by atoms with Crippen molar-refractivity contribution < 1.29 is 9.47 Å². The van der Waals surface area contributed by atoms with Gasteiger partial charge in [0.15, 0.2) is 6.29 Å². The average Bonchev–Trinajstić information content (AvgIpc) is 3.34. The van der Waals surface area contributed by atoms with Gasteiger partial charge >= 0.3 is 0 Å². The molecule has 1 N–H and O–H groups in total. The molecule has 0 aliphatic heterocycles. The first-order valence-corrected chi connectivity index (χ1v) is 8.11. The molecule has 4 heteroatoms. The van der Waals surface area contributed by atoms with Crippen LogP contribution in [0.1, 0.15) is 45.2 Å². The molecule has 1 aromatic rings. The molecule has 1 aliphatic carbocycles. The van der Waals surface area contributed by atoms with Crippen molar-refractivity contribution in [3.8, 4) is 6.07 Å². The number of nitriles is 1. The van der Waals surface area contributed by atoms with E-state index in [1.54, 1.807) is 0 Å². The van der Waals surface area contributed by atoms with Gasteiger partial charge in [0, 0.05) is 19.3 Å². The third-order valence-electron chi connectivity index (χ3n) is 4.35. The van der Waals surface area contributed by atoms with Crippen LogP contribution >= 0.6 is 0 Å². The Labute approximate surface area is 133 Å². The van der Waals surface area contributed by atoms with Gasteiger partial charge in [0.25, 0.3) is 0 Å². The summed E-state index contributed by atoms with van der Waals surface area (Å²) in [6.07, 6.45) is 1.62. The minimum Gasteiger partial charge on any atom is -0.352 e. The number of hydrogen-bond acceptors (Lipinski definition) is 4. The monoisotopic (exact) mass is 302 g/mol. The quantitative estimate of drug-likeness (QED) is 0.710. The van der Waals surface area contributed by atoms with Crippen molar-refractivity contribution in [3.05, 3.63) is 35.9 Å². The summed E-state index contributed by atoms with van der Waals surface area (Å²) < 4.78 is 11.5. The Morgan fingerprint density at radius 3 is 2.23 bits per heavy atom. The zero-order chi connectivity index (χ0) is 16.0. The second-order valence-corrected chi connectivity index (χ2v) is 5.84. The maximum Gasteiger partial charge on any atom is 0.165 e. The lowest BCUT2D eigenvalue weighted by atomic mass is 9.94. The van der Waals surface area contributed by atoms with Gasteiger partial charge < -0.3 is 9.47 Å². The minimum absolute atomic E-state index is 0.118. The topological polar surface area (TPSA) is 54.3 Å². The van der Waals surface area contributed by atoms with Crippen molar-refractivity contribution in [3.63, 3.8) is 0 Å². The molecule has 0 unspecified atom stereocenters. The summed E-state index contributed by atoms with van der Waals surface area (Å²) in [7, 11) is 0. The van der Waals surface area contributed by atoms with Crippen LogP contribution in [-0.2, 0) is 9.47 Å². The number of rotatable bonds is 9. The van der Waals surface area contributed by atoms with E-state index >= 15 is 0 Å². The molecule has 0 radical (unpaired) electrons. The number of ether oxygens (including phenoxy) is 2. The van der Waals surface area contributed by atoms with E-state index in [0.717, 1.165) is 12.8 Å². The third kappa shape index (κ3) is 3.67. The predicted molar refractivity (Wildman–Crippen MR) is 86.1 cm³/mol. The molecule has 0 amide bonds. The molecular weight excluding hydrogens is 276 g/mol. The van der Waals surface area contributed by atoms with E-state index in [-0.39, 0.29) is 23.8 Å². The Morgan fingerprint density at radius 1 is 1.18 bits per heavy atom. The van der Waals surface area contributed by atoms with Gasteiger partial charge in [0.1, 0.15) is 6.04 Å². The van der Waals surface area contributed by atoms with Gasteiger partial charge in [-0.1, -0.05) is 30.3 Å². The van der Waals surface area contributed by atoms with Crippen LogP contribution in [0, 0.1) is 16.7 Å². The summed E-state index contributed by atoms with van der Waals surface area (Å²) in [5.41, 5.74) is 0.965. The molecule has 1 aliphatic rings. The normalized spacial score (nSPS) is 18.7. The van der Waals surface area contributed by atoms with E-state index in [2.05, 4.69) is 30.4 Å². The fourth-order valence-electron chi connectivity index (χ4n) is 2.91. The lowest BCUT2D eigenvalue weighted by molar-refractivity contribution is -0.179. The van der Waals surface area contributed by atoms with Crippen LogP contribution in [-0.4, -0.2) is 25.5 Å². The third-order valence-corrected chi connectivity index (χ3v) is 4.35. The summed E-state index contributed by atoms with van der Waals surface area (Å²) in [6, 6.07) is 12.5. The summed E-state index contributed by atoms with van der Waals surface area (Å²) in [6.45, 7) is 7.21. The number of hydrogen-bond donors (Lipinski definition) is 1. The summed E-state index contributed by atoms with van der Waals surface area (Å²) >= 11 is 0. The summed E-state index contributed by atoms with van der Waals surface area (Å²) in [5, 5.41) is 13.1. The highest BCUT2D eigenvalue weighted by atomic mass is 16.7. The van der Waals surface area contributed by atoms with E-state index in [4.69, 9.17) is 9.47 Å². The van der Waals surface area contributed by atoms with Crippen LogP contribution in [0.3, 0.4) is 0 Å². The van der Waals surface area contributed by atoms with E-state index in [1.165, 1.54) is 5.56 Å². The zero-order valence-electron chi connectivity index (χ0n) is 13.7. The number of nitrogens with one attached hydrogen (secondary N) is 1. The maximum absolute atomic E-state index is 9.66.